The van der Waals surface area contributed by atoms with Crippen molar-refractivity contribution in [2.75, 3.05) is 13.2 Å². The van der Waals surface area contributed by atoms with Gasteiger partial charge >= 0.3 is 0 Å². The van der Waals surface area contributed by atoms with Crippen molar-refractivity contribution >= 4 is 29.1 Å². The minimum atomic E-state index is -0.824. The van der Waals surface area contributed by atoms with Crippen LogP contribution < -0.4 is 0 Å². The Balaban J connectivity index is 1.81. The number of carbonyl (C=O) groups is 2. The molecule has 0 saturated carbocycles. The summed E-state index contributed by atoms with van der Waals surface area (Å²) in [5, 5.41) is 11.4. The van der Waals surface area contributed by atoms with Crippen LogP contribution in [0.25, 0.3) is 5.76 Å². The molecule has 2 atom stereocenters. The van der Waals surface area contributed by atoms with E-state index in [1.165, 1.54) is 29.2 Å². The molecule has 0 aliphatic carbocycles. The second kappa shape index (κ2) is 7.97. The first kappa shape index (κ1) is 19.6. The Labute approximate surface area is 172 Å². The Morgan fingerprint density at radius 3 is 2.45 bits per heavy atom. The Bertz CT molecular complexity index is 965. The van der Waals surface area contributed by atoms with Gasteiger partial charge in [-0.2, -0.15) is 0 Å². The smallest absolute Gasteiger partial charge is 0.295 e. The fraction of sp³-hybridized carbons (Fsp3) is 0.273. The van der Waals surface area contributed by atoms with Gasteiger partial charge < -0.3 is 14.7 Å². The van der Waals surface area contributed by atoms with Crippen LogP contribution in [-0.4, -0.2) is 41.0 Å². The maximum atomic E-state index is 13.5. The van der Waals surface area contributed by atoms with E-state index in [1.54, 1.807) is 24.3 Å². The number of carbonyl (C=O) groups excluding carboxylic acids is 2. The summed E-state index contributed by atoms with van der Waals surface area (Å²) in [5.41, 5.74) is 0.887. The zero-order valence-electron chi connectivity index (χ0n) is 15.5. The van der Waals surface area contributed by atoms with Gasteiger partial charge in [0.25, 0.3) is 11.7 Å². The third-order valence-corrected chi connectivity index (χ3v) is 5.52. The fourth-order valence-electron chi connectivity index (χ4n) is 3.83. The van der Waals surface area contributed by atoms with Gasteiger partial charge in [0.1, 0.15) is 11.6 Å². The zero-order chi connectivity index (χ0) is 20.5. The van der Waals surface area contributed by atoms with Crippen molar-refractivity contribution in [3.63, 3.8) is 0 Å². The third kappa shape index (κ3) is 3.78. The van der Waals surface area contributed by atoms with E-state index in [-0.39, 0.29) is 24.0 Å². The van der Waals surface area contributed by atoms with Crippen LogP contribution >= 0.6 is 11.6 Å². The normalized spacial score (nSPS) is 23.7. The van der Waals surface area contributed by atoms with Crippen molar-refractivity contribution in [1.29, 1.82) is 0 Å². The standard InChI is InChI=1S/C22H19ClFNO4/c23-15-7-3-14(4-8-15)20(26)18-19(13-5-9-16(24)10-6-13)25(22(28)21(18)27)12-17-2-1-11-29-17/h3-10,17,19,26H,1-2,11-12H2/b20-18+/t17-,19+/m0/s1. The lowest BCUT2D eigenvalue weighted by Gasteiger charge is -2.27. The van der Waals surface area contributed by atoms with Gasteiger partial charge in [-0.1, -0.05) is 23.7 Å². The summed E-state index contributed by atoms with van der Waals surface area (Å²) in [7, 11) is 0. The molecule has 2 aliphatic heterocycles. The second-order valence-corrected chi connectivity index (χ2v) is 7.58. The van der Waals surface area contributed by atoms with Crippen molar-refractivity contribution in [3.05, 3.63) is 76.1 Å². The quantitative estimate of drug-likeness (QED) is 0.464. The number of nitrogens with zero attached hydrogens (tertiary/aromatic N) is 1. The molecule has 29 heavy (non-hydrogen) atoms. The molecule has 1 amide bonds. The van der Waals surface area contributed by atoms with Crippen LogP contribution in [-0.2, 0) is 14.3 Å². The Morgan fingerprint density at radius 1 is 1.14 bits per heavy atom. The van der Waals surface area contributed by atoms with Crippen LogP contribution in [0, 0.1) is 5.82 Å². The number of halogens is 2. The molecule has 5 nitrogen and oxygen atoms in total. The number of hydrogen-bond donors (Lipinski definition) is 1. The number of hydrogen-bond acceptors (Lipinski definition) is 4. The highest BCUT2D eigenvalue weighted by Gasteiger charge is 2.47. The van der Waals surface area contributed by atoms with Crippen molar-refractivity contribution in [1.82, 2.24) is 4.90 Å². The average molecular weight is 416 g/mol. The van der Waals surface area contributed by atoms with Crippen LogP contribution in [0.5, 0.6) is 0 Å². The molecule has 0 bridgehead atoms. The molecule has 2 saturated heterocycles. The first-order chi connectivity index (χ1) is 14.0. The number of ketones is 1. The number of ether oxygens (including phenoxy) is 1. The number of likely N-dealkylation sites (tertiary alicyclic amines) is 1. The number of aliphatic hydroxyl groups excluding tert-OH is 1. The molecule has 150 valence electrons. The highest BCUT2D eigenvalue weighted by Crippen LogP contribution is 2.40. The molecule has 2 heterocycles. The summed E-state index contributed by atoms with van der Waals surface area (Å²) in [6.07, 6.45) is 1.50. The Kier molecular flexibility index (Phi) is 5.39. The maximum absolute atomic E-state index is 13.5. The van der Waals surface area contributed by atoms with Crippen LogP contribution in [0.2, 0.25) is 5.02 Å². The number of rotatable bonds is 4. The molecule has 4 rings (SSSR count). The molecule has 2 aromatic carbocycles. The van der Waals surface area contributed by atoms with E-state index in [2.05, 4.69) is 0 Å². The summed E-state index contributed by atoms with van der Waals surface area (Å²) in [5.74, 6) is -2.19. The SMILES string of the molecule is O=C1C(=O)N(C[C@@H]2CCCO2)[C@H](c2ccc(F)cc2)/C1=C(\O)c1ccc(Cl)cc1. The minimum absolute atomic E-state index is 0.0260. The average Bonchev–Trinajstić information content (AvgIpc) is 3.31. The summed E-state index contributed by atoms with van der Waals surface area (Å²) in [6, 6.07) is 11.1. The van der Waals surface area contributed by atoms with Crippen molar-refractivity contribution in [2.45, 2.75) is 25.0 Å². The van der Waals surface area contributed by atoms with Gasteiger partial charge in [0.2, 0.25) is 0 Å². The molecule has 0 unspecified atom stereocenters. The van der Waals surface area contributed by atoms with Gasteiger partial charge in [-0.25, -0.2) is 4.39 Å². The number of amides is 1. The topological polar surface area (TPSA) is 66.8 Å². The van der Waals surface area contributed by atoms with E-state index in [1.807, 2.05) is 0 Å². The molecule has 0 aromatic heterocycles. The summed E-state index contributed by atoms with van der Waals surface area (Å²) >= 11 is 5.91. The zero-order valence-corrected chi connectivity index (χ0v) is 16.2. The summed E-state index contributed by atoms with van der Waals surface area (Å²) < 4.78 is 19.1. The second-order valence-electron chi connectivity index (χ2n) is 7.14. The van der Waals surface area contributed by atoms with E-state index in [4.69, 9.17) is 16.3 Å². The largest absolute Gasteiger partial charge is 0.507 e. The predicted molar refractivity (Wildman–Crippen MR) is 106 cm³/mol. The monoisotopic (exact) mass is 415 g/mol. The van der Waals surface area contributed by atoms with Gasteiger partial charge in [-0.3, -0.25) is 9.59 Å². The van der Waals surface area contributed by atoms with E-state index >= 15 is 0 Å². The molecule has 2 aliphatic rings. The van der Waals surface area contributed by atoms with Crippen molar-refractivity contribution in [2.24, 2.45) is 0 Å². The van der Waals surface area contributed by atoms with Gasteiger partial charge in [0.15, 0.2) is 0 Å². The van der Waals surface area contributed by atoms with Crippen molar-refractivity contribution in [3.8, 4) is 0 Å². The minimum Gasteiger partial charge on any atom is -0.507 e. The molecular weight excluding hydrogens is 397 g/mol. The fourth-order valence-corrected chi connectivity index (χ4v) is 3.96. The predicted octanol–water partition coefficient (Wildman–Crippen LogP) is 4.08. The van der Waals surface area contributed by atoms with E-state index in [0.29, 0.717) is 22.8 Å². The lowest BCUT2D eigenvalue weighted by atomic mass is 9.95. The highest BCUT2D eigenvalue weighted by molar-refractivity contribution is 6.46. The lowest BCUT2D eigenvalue weighted by molar-refractivity contribution is -0.140. The molecule has 7 heteroatoms. The van der Waals surface area contributed by atoms with E-state index < -0.39 is 23.5 Å². The third-order valence-electron chi connectivity index (χ3n) is 5.27. The molecule has 0 spiro atoms. The van der Waals surface area contributed by atoms with Crippen LogP contribution in [0.4, 0.5) is 4.39 Å². The lowest BCUT2D eigenvalue weighted by Crippen LogP contribution is -2.36. The van der Waals surface area contributed by atoms with E-state index in [0.717, 1.165) is 12.8 Å². The first-order valence-electron chi connectivity index (χ1n) is 9.37. The van der Waals surface area contributed by atoms with Gasteiger partial charge in [0.05, 0.1) is 17.7 Å². The summed E-state index contributed by atoms with van der Waals surface area (Å²) in [4.78, 5) is 27.1. The molecule has 1 N–H and O–H groups in total. The van der Waals surface area contributed by atoms with Crippen molar-refractivity contribution < 1.29 is 23.8 Å². The van der Waals surface area contributed by atoms with Gasteiger partial charge in [0, 0.05) is 23.7 Å². The molecule has 2 aromatic rings. The molecule has 2 fully saturated rings. The van der Waals surface area contributed by atoms with Crippen LogP contribution in [0.1, 0.15) is 30.0 Å². The number of aliphatic hydroxyl groups is 1. The van der Waals surface area contributed by atoms with E-state index in [9.17, 15) is 19.1 Å². The Hall–Kier alpha value is -2.70. The van der Waals surface area contributed by atoms with Crippen LogP contribution in [0.15, 0.2) is 54.1 Å². The summed E-state index contributed by atoms with van der Waals surface area (Å²) in [6.45, 7) is 0.838. The van der Waals surface area contributed by atoms with Gasteiger partial charge in [-0.05, 0) is 54.8 Å². The maximum Gasteiger partial charge on any atom is 0.295 e. The van der Waals surface area contributed by atoms with Crippen LogP contribution in [0.3, 0.4) is 0 Å². The molecule has 0 radical (unpaired) electrons. The highest BCUT2D eigenvalue weighted by atomic mass is 35.5. The van der Waals surface area contributed by atoms with Gasteiger partial charge in [-0.15, -0.1) is 0 Å². The Morgan fingerprint density at radius 2 is 1.83 bits per heavy atom. The number of Topliss-reactive ketones (excluding diaryl/α,β-unsaturated/α-hetero) is 1. The molecular formula is C22H19ClFNO4. The number of benzene rings is 2. The first-order valence-corrected chi connectivity index (χ1v) is 9.75.